The average molecular weight is 290 g/mol. The Bertz CT molecular complexity index is 323. The van der Waals surface area contributed by atoms with Crippen LogP contribution in [0.1, 0.15) is 13.8 Å². The van der Waals surface area contributed by atoms with E-state index in [4.69, 9.17) is 28.4 Å². The Morgan fingerprint density at radius 1 is 0.850 bits per heavy atom. The van der Waals surface area contributed by atoms with Crippen LogP contribution in [0.3, 0.4) is 0 Å². The first-order chi connectivity index (χ1) is 9.69. The lowest BCUT2D eigenvalue weighted by atomic mass is 10.0. The quantitative estimate of drug-likeness (QED) is 0.646. The lowest BCUT2D eigenvalue weighted by Crippen LogP contribution is -2.61. The third-order valence-corrected chi connectivity index (χ3v) is 2.97. The van der Waals surface area contributed by atoms with Gasteiger partial charge in [0.15, 0.2) is 12.2 Å². The second kappa shape index (κ2) is 6.98. The molecule has 0 spiro atoms. The number of fused-ring (bicyclic) bond motifs is 1. The van der Waals surface area contributed by atoms with E-state index in [1.807, 2.05) is 0 Å². The van der Waals surface area contributed by atoms with Crippen molar-refractivity contribution < 1.29 is 38.0 Å². The summed E-state index contributed by atoms with van der Waals surface area (Å²) >= 11 is 0. The van der Waals surface area contributed by atoms with Crippen LogP contribution in [0.15, 0.2) is 0 Å². The van der Waals surface area contributed by atoms with E-state index >= 15 is 0 Å². The Kier molecular flexibility index (Phi) is 5.30. The first-order valence-corrected chi connectivity index (χ1v) is 6.48. The van der Waals surface area contributed by atoms with E-state index in [9.17, 15) is 9.59 Å². The van der Waals surface area contributed by atoms with Gasteiger partial charge >= 0.3 is 11.9 Å². The maximum Gasteiger partial charge on any atom is 0.338 e. The molecule has 0 aromatic heterocycles. The third kappa shape index (κ3) is 3.09. The van der Waals surface area contributed by atoms with Crippen LogP contribution in [0.5, 0.6) is 0 Å². The highest BCUT2D eigenvalue weighted by Gasteiger charge is 2.50. The number of rotatable bonds is 4. The van der Waals surface area contributed by atoms with Gasteiger partial charge < -0.3 is 28.4 Å². The smallest absolute Gasteiger partial charge is 0.338 e. The second-order valence-corrected chi connectivity index (χ2v) is 4.18. The van der Waals surface area contributed by atoms with Gasteiger partial charge in [0.25, 0.3) is 0 Å². The summed E-state index contributed by atoms with van der Waals surface area (Å²) in [4.78, 5) is 23.6. The fourth-order valence-electron chi connectivity index (χ4n) is 2.13. The van der Waals surface area contributed by atoms with Crippen molar-refractivity contribution in [3.63, 3.8) is 0 Å². The van der Waals surface area contributed by atoms with Crippen LogP contribution in [0, 0.1) is 0 Å². The molecule has 4 unspecified atom stereocenters. The van der Waals surface area contributed by atoms with Crippen LogP contribution in [-0.2, 0) is 38.0 Å². The minimum absolute atomic E-state index is 0.146. The molecule has 0 bridgehead atoms. The van der Waals surface area contributed by atoms with Crippen molar-refractivity contribution in [1.82, 2.24) is 0 Å². The molecule has 114 valence electrons. The largest absolute Gasteiger partial charge is 0.464 e. The molecule has 2 aliphatic rings. The monoisotopic (exact) mass is 290 g/mol. The highest BCUT2D eigenvalue weighted by molar-refractivity contribution is 5.78. The summed E-state index contributed by atoms with van der Waals surface area (Å²) in [7, 11) is 0. The van der Waals surface area contributed by atoms with Gasteiger partial charge in [-0.05, 0) is 13.8 Å². The Balaban J connectivity index is 2.08. The predicted molar refractivity (Wildman–Crippen MR) is 62.5 cm³/mol. The Morgan fingerprint density at radius 2 is 1.25 bits per heavy atom. The van der Waals surface area contributed by atoms with Gasteiger partial charge in [-0.15, -0.1) is 0 Å². The predicted octanol–water partition coefficient (Wildman–Crippen LogP) is -0.404. The molecule has 8 nitrogen and oxygen atoms in total. The molecule has 0 aromatic carbocycles. The topological polar surface area (TPSA) is 89.5 Å². The van der Waals surface area contributed by atoms with Crippen LogP contribution in [0.25, 0.3) is 0 Å². The van der Waals surface area contributed by atoms with Crippen molar-refractivity contribution in [1.29, 1.82) is 0 Å². The molecule has 0 saturated carbocycles. The number of esters is 2. The van der Waals surface area contributed by atoms with Gasteiger partial charge in [-0.3, -0.25) is 0 Å². The van der Waals surface area contributed by atoms with Gasteiger partial charge in [0.1, 0.15) is 25.8 Å². The van der Waals surface area contributed by atoms with E-state index in [0.717, 1.165) is 0 Å². The molecule has 0 aromatic rings. The maximum atomic E-state index is 11.8. The van der Waals surface area contributed by atoms with Crippen molar-refractivity contribution in [2.24, 2.45) is 0 Å². The second-order valence-electron chi connectivity index (χ2n) is 4.18. The fourth-order valence-corrected chi connectivity index (χ4v) is 2.13. The van der Waals surface area contributed by atoms with Gasteiger partial charge in [-0.25, -0.2) is 9.59 Å². The van der Waals surface area contributed by atoms with Crippen molar-refractivity contribution in [2.45, 2.75) is 38.3 Å². The van der Waals surface area contributed by atoms with E-state index in [1.54, 1.807) is 13.8 Å². The van der Waals surface area contributed by atoms with E-state index in [0.29, 0.717) is 0 Å². The minimum Gasteiger partial charge on any atom is -0.464 e. The van der Waals surface area contributed by atoms with Gasteiger partial charge in [-0.1, -0.05) is 0 Å². The van der Waals surface area contributed by atoms with Crippen molar-refractivity contribution in [3.05, 3.63) is 0 Å². The number of hydrogen-bond donors (Lipinski definition) is 0. The molecular formula is C12H18O8. The zero-order chi connectivity index (χ0) is 14.5. The summed E-state index contributed by atoms with van der Waals surface area (Å²) in [6.45, 7) is 3.56. The molecule has 4 atom stereocenters. The summed E-state index contributed by atoms with van der Waals surface area (Å²) in [6.07, 6.45) is -3.39. The molecule has 0 N–H and O–H groups in total. The average Bonchev–Trinajstić information content (AvgIpc) is 2.46. The van der Waals surface area contributed by atoms with Gasteiger partial charge in [0, 0.05) is 0 Å². The van der Waals surface area contributed by atoms with Crippen LogP contribution < -0.4 is 0 Å². The number of carbonyl (C=O) groups excluding carboxylic acids is 2. The zero-order valence-corrected chi connectivity index (χ0v) is 11.4. The maximum absolute atomic E-state index is 11.8. The van der Waals surface area contributed by atoms with Gasteiger partial charge in [0.2, 0.25) is 0 Å². The molecular weight excluding hydrogens is 272 g/mol. The lowest BCUT2D eigenvalue weighted by Gasteiger charge is -2.41. The molecule has 2 rings (SSSR count). The van der Waals surface area contributed by atoms with Crippen molar-refractivity contribution in [2.75, 3.05) is 26.8 Å². The first kappa shape index (κ1) is 15.2. The Hall–Kier alpha value is -1.22. The molecule has 2 saturated heterocycles. The van der Waals surface area contributed by atoms with Crippen molar-refractivity contribution >= 4 is 11.9 Å². The molecule has 0 aliphatic carbocycles. The highest BCUT2D eigenvalue weighted by Crippen LogP contribution is 2.27. The van der Waals surface area contributed by atoms with E-state index in [1.165, 1.54) is 0 Å². The van der Waals surface area contributed by atoms with Crippen molar-refractivity contribution in [3.8, 4) is 0 Å². The molecule has 0 amide bonds. The van der Waals surface area contributed by atoms with Gasteiger partial charge in [-0.2, -0.15) is 0 Å². The summed E-state index contributed by atoms with van der Waals surface area (Å²) in [5.74, 6) is -1.09. The molecule has 20 heavy (non-hydrogen) atoms. The SMILES string of the molecule is CCOC(=O)C1OCOC2C(C(=O)OCC)OCOC12. The number of hydrogen-bond acceptors (Lipinski definition) is 8. The minimum atomic E-state index is -0.936. The number of ether oxygens (including phenoxy) is 6. The standard InChI is InChI=1S/C12H18O8/c1-3-15-11(13)9-7-8(18-5-19-9)10(20-6-17-7)12(14)16-4-2/h7-10H,3-6H2,1-2H3. The van der Waals surface area contributed by atoms with Crippen LogP contribution in [0.2, 0.25) is 0 Å². The molecule has 2 heterocycles. The van der Waals surface area contributed by atoms with Gasteiger partial charge in [0.05, 0.1) is 13.2 Å². The Morgan fingerprint density at radius 3 is 1.60 bits per heavy atom. The Labute approximate surface area is 116 Å². The molecule has 0 radical (unpaired) electrons. The molecule has 2 aliphatic heterocycles. The summed E-state index contributed by atoms with van der Waals surface area (Å²) in [6, 6.07) is 0. The summed E-state index contributed by atoms with van der Waals surface area (Å²) in [5, 5.41) is 0. The lowest BCUT2D eigenvalue weighted by molar-refractivity contribution is -0.317. The van der Waals surface area contributed by atoms with Crippen LogP contribution in [-0.4, -0.2) is 63.2 Å². The normalized spacial score (nSPS) is 33.1. The van der Waals surface area contributed by atoms with Crippen LogP contribution >= 0.6 is 0 Å². The molecule has 8 heteroatoms. The highest BCUT2D eigenvalue weighted by atomic mass is 16.8. The fraction of sp³-hybridized carbons (Fsp3) is 0.833. The third-order valence-electron chi connectivity index (χ3n) is 2.97. The summed E-state index contributed by atoms with van der Waals surface area (Å²) in [5.41, 5.74) is 0. The van der Waals surface area contributed by atoms with E-state index in [2.05, 4.69) is 0 Å². The van der Waals surface area contributed by atoms with E-state index < -0.39 is 36.4 Å². The first-order valence-electron chi connectivity index (χ1n) is 6.48. The number of carbonyl (C=O) groups is 2. The molecule has 2 fully saturated rings. The summed E-state index contributed by atoms with van der Waals surface area (Å²) < 4.78 is 31.0. The van der Waals surface area contributed by atoms with E-state index in [-0.39, 0.29) is 26.8 Å². The van der Waals surface area contributed by atoms with Crippen LogP contribution in [0.4, 0.5) is 0 Å². The zero-order valence-electron chi connectivity index (χ0n) is 11.4.